The Balaban J connectivity index is 1.85. The van der Waals surface area contributed by atoms with E-state index in [1.807, 2.05) is 11.8 Å². The second-order valence-electron chi connectivity index (χ2n) is 3.74. The first-order chi connectivity index (χ1) is 6.45. The van der Waals surface area contributed by atoms with Crippen molar-refractivity contribution in [1.82, 2.24) is 0 Å². The third-order valence-electron chi connectivity index (χ3n) is 2.60. The molecule has 1 saturated carbocycles. The maximum atomic E-state index is 4.90. The van der Waals surface area contributed by atoms with E-state index in [-0.39, 0.29) is 0 Å². The van der Waals surface area contributed by atoms with Crippen LogP contribution in [-0.2, 0) is 0 Å². The minimum absolute atomic E-state index is 0.705. The van der Waals surface area contributed by atoms with E-state index >= 15 is 0 Å². The Kier molecular flexibility index (Phi) is 4.20. The third kappa shape index (κ3) is 3.30. The van der Waals surface area contributed by atoms with E-state index in [9.17, 15) is 0 Å². The van der Waals surface area contributed by atoms with Crippen LogP contribution in [0.4, 0.5) is 0 Å². The van der Waals surface area contributed by atoms with Crippen molar-refractivity contribution in [2.24, 2.45) is 4.99 Å². The van der Waals surface area contributed by atoms with Crippen LogP contribution >= 0.6 is 11.8 Å². The number of nitrogens with zero attached hydrogens (tertiary/aromatic N) is 1. The summed E-state index contributed by atoms with van der Waals surface area (Å²) < 4.78 is 1.52. The Morgan fingerprint density at radius 3 is 2.69 bits per heavy atom. The maximum absolute atomic E-state index is 4.90. The second-order valence-corrected chi connectivity index (χ2v) is 7.68. The van der Waals surface area contributed by atoms with Crippen molar-refractivity contribution in [2.45, 2.75) is 49.9 Å². The molecule has 2 fully saturated rings. The number of hydrogen-bond donors (Lipinski definition) is 0. The fourth-order valence-electron chi connectivity index (χ4n) is 1.85. The normalized spacial score (nSPS) is 29.4. The predicted molar refractivity (Wildman–Crippen MR) is 61.9 cm³/mol. The molecule has 2 aliphatic rings. The van der Waals surface area contributed by atoms with Gasteiger partial charge in [-0.2, -0.15) is 0 Å². The molecule has 0 unspecified atom stereocenters. The topological polar surface area (TPSA) is 12.4 Å². The minimum atomic E-state index is 0.705. The van der Waals surface area contributed by atoms with Gasteiger partial charge in [-0.3, -0.25) is 0 Å². The summed E-state index contributed by atoms with van der Waals surface area (Å²) in [5, 5.41) is 1.44. The van der Waals surface area contributed by atoms with Crippen molar-refractivity contribution >= 4 is 30.7 Å². The fraction of sp³-hybridized carbons (Fsp3) is 0.900. The molecule has 0 atom stereocenters. The molecule has 0 aromatic heterocycles. The Hall–Kier alpha value is 0.539. The van der Waals surface area contributed by atoms with Gasteiger partial charge in [0.05, 0.1) is 0 Å². The standard InChI is InChI=1S/C10H17NSSe/c1-2-5-9(6-3-1)11-10-12-7-4-8-13-10/h9H,1-8H2. The van der Waals surface area contributed by atoms with Gasteiger partial charge in [-0.25, -0.2) is 0 Å². The van der Waals surface area contributed by atoms with E-state index in [2.05, 4.69) is 0 Å². The number of aliphatic imine (C=N–C) groups is 1. The summed E-state index contributed by atoms with van der Waals surface area (Å²) >= 11 is 2.77. The van der Waals surface area contributed by atoms with Crippen molar-refractivity contribution < 1.29 is 0 Å². The SMILES string of the molecule is C1CCC(N=C2SCCC[Se]2)CC1. The summed E-state index contributed by atoms with van der Waals surface area (Å²) in [7, 11) is 0. The van der Waals surface area contributed by atoms with E-state index in [0.29, 0.717) is 6.04 Å². The molecule has 74 valence electrons. The number of thioether (sulfide) groups is 1. The molecule has 0 bridgehead atoms. The number of hydrogen-bond acceptors (Lipinski definition) is 2. The monoisotopic (exact) mass is 263 g/mol. The van der Waals surface area contributed by atoms with E-state index in [0.717, 1.165) is 15.0 Å². The Bertz CT molecular complexity index is 179. The van der Waals surface area contributed by atoms with Gasteiger partial charge in [-0.05, 0) is 0 Å². The van der Waals surface area contributed by atoms with E-state index in [1.165, 1.54) is 53.5 Å². The van der Waals surface area contributed by atoms with Crippen LogP contribution < -0.4 is 0 Å². The van der Waals surface area contributed by atoms with Gasteiger partial charge in [-0.15, -0.1) is 0 Å². The van der Waals surface area contributed by atoms with Gasteiger partial charge in [0.1, 0.15) is 0 Å². The molecule has 0 aromatic rings. The van der Waals surface area contributed by atoms with Crippen molar-refractivity contribution in [2.75, 3.05) is 5.75 Å². The van der Waals surface area contributed by atoms with Crippen LogP contribution in [-0.4, -0.2) is 30.7 Å². The Labute approximate surface area is 91.3 Å². The summed E-state index contributed by atoms with van der Waals surface area (Å²) in [4.78, 5) is 4.90. The zero-order chi connectivity index (χ0) is 8.93. The molecule has 0 aromatic carbocycles. The summed E-state index contributed by atoms with van der Waals surface area (Å²) in [6.07, 6.45) is 8.42. The van der Waals surface area contributed by atoms with Crippen LogP contribution in [0.2, 0.25) is 5.32 Å². The molecule has 2 rings (SSSR count). The molecular weight excluding hydrogens is 245 g/mol. The molecule has 1 heterocycles. The Morgan fingerprint density at radius 2 is 2.00 bits per heavy atom. The zero-order valence-corrected chi connectivity index (χ0v) is 10.5. The van der Waals surface area contributed by atoms with Crippen LogP contribution in [0.3, 0.4) is 0 Å². The van der Waals surface area contributed by atoms with E-state index in [1.54, 1.807) is 0 Å². The van der Waals surface area contributed by atoms with Gasteiger partial charge >= 0.3 is 91.3 Å². The zero-order valence-electron chi connectivity index (χ0n) is 8.00. The Morgan fingerprint density at radius 1 is 1.15 bits per heavy atom. The van der Waals surface area contributed by atoms with E-state index < -0.39 is 0 Å². The quantitative estimate of drug-likeness (QED) is 0.662. The first-order valence-electron chi connectivity index (χ1n) is 5.28. The number of rotatable bonds is 1. The molecule has 1 nitrogen and oxygen atoms in total. The molecule has 13 heavy (non-hydrogen) atoms. The molecule has 0 radical (unpaired) electrons. The summed E-state index contributed by atoms with van der Waals surface area (Å²) in [6.45, 7) is 0. The molecule has 0 spiro atoms. The van der Waals surface area contributed by atoms with Crippen molar-refractivity contribution in [1.29, 1.82) is 0 Å². The summed E-state index contributed by atoms with van der Waals surface area (Å²) in [5.41, 5.74) is 0. The van der Waals surface area contributed by atoms with Crippen LogP contribution in [0.15, 0.2) is 4.99 Å². The molecule has 1 saturated heterocycles. The first-order valence-corrected chi connectivity index (χ1v) is 8.34. The molecule has 1 aliphatic heterocycles. The molecule has 0 amide bonds. The second kappa shape index (κ2) is 5.43. The van der Waals surface area contributed by atoms with Crippen LogP contribution in [0.25, 0.3) is 0 Å². The predicted octanol–water partition coefficient (Wildman–Crippen LogP) is 2.93. The van der Waals surface area contributed by atoms with Crippen molar-refractivity contribution in [3.8, 4) is 0 Å². The van der Waals surface area contributed by atoms with Crippen LogP contribution in [0.1, 0.15) is 38.5 Å². The van der Waals surface area contributed by atoms with Gasteiger partial charge in [0.15, 0.2) is 0 Å². The average molecular weight is 262 g/mol. The molecule has 1 aliphatic carbocycles. The average Bonchev–Trinajstić information content (AvgIpc) is 2.21. The van der Waals surface area contributed by atoms with Gasteiger partial charge in [0, 0.05) is 0 Å². The summed E-state index contributed by atoms with van der Waals surface area (Å²) in [6, 6.07) is 0.705. The molecular formula is C10H17NSSe. The van der Waals surface area contributed by atoms with Gasteiger partial charge in [0.25, 0.3) is 0 Å². The summed E-state index contributed by atoms with van der Waals surface area (Å²) in [5.74, 6) is 1.33. The van der Waals surface area contributed by atoms with E-state index in [4.69, 9.17) is 4.99 Å². The van der Waals surface area contributed by atoms with Crippen LogP contribution in [0.5, 0.6) is 0 Å². The fourth-order valence-corrected chi connectivity index (χ4v) is 5.96. The third-order valence-corrected chi connectivity index (χ3v) is 6.57. The van der Waals surface area contributed by atoms with Crippen molar-refractivity contribution in [3.05, 3.63) is 0 Å². The first kappa shape index (κ1) is 10.1. The van der Waals surface area contributed by atoms with Gasteiger partial charge in [0.2, 0.25) is 0 Å². The van der Waals surface area contributed by atoms with Crippen molar-refractivity contribution in [3.63, 3.8) is 0 Å². The molecule has 0 N–H and O–H groups in total. The van der Waals surface area contributed by atoms with Crippen LogP contribution in [0, 0.1) is 0 Å². The van der Waals surface area contributed by atoms with Gasteiger partial charge in [-0.1, -0.05) is 0 Å². The molecule has 3 heteroatoms. The van der Waals surface area contributed by atoms with Gasteiger partial charge < -0.3 is 0 Å².